The van der Waals surface area contributed by atoms with E-state index in [1.807, 2.05) is 37.3 Å². The first-order valence-electron chi connectivity index (χ1n) is 7.29. The molecule has 3 amide bonds. The lowest BCUT2D eigenvalue weighted by Crippen LogP contribution is -2.39. The molecule has 2 rings (SSSR count). The van der Waals surface area contributed by atoms with Gasteiger partial charge in [0.1, 0.15) is 5.84 Å². The first kappa shape index (κ1) is 17.5. The van der Waals surface area contributed by atoms with Crippen molar-refractivity contribution in [2.45, 2.75) is 13.0 Å². The Bertz CT molecular complexity index is 729. The third kappa shape index (κ3) is 5.10. The number of nitrogens with two attached hydrogens (primary N) is 1. The molecule has 0 saturated heterocycles. The van der Waals surface area contributed by atoms with Crippen molar-refractivity contribution in [3.05, 3.63) is 52.9 Å². The average Bonchev–Trinajstić information content (AvgIpc) is 3.02. The number of thiophene rings is 1. The van der Waals surface area contributed by atoms with Crippen molar-refractivity contribution in [3.63, 3.8) is 0 Å². The lowest BCUT2D eigenvalue weighted by Gasteiger charge is -2.14. The normalized spacial score (nSPS) is 11.4. The van der Waals surface area contributed by atoms with E-state index >= 15 is 0 Å². The predicted octanol–water partition coefficient (Wildman–Crippen LogP) is 2.03. The van der Waals surface area contributed by atoms with Crippen molar-refractivity contribution in [1.29, 1.82) is 5.41 Å². The molecule has 8 heteroatoms. The van der Waals surface area contributed by atoms with Crippen LogP contribution >= 0.6 is 11.3 Å². The zero-order valence-corrected chi connectivity index (χ0v) is 13.9. The van der Waals surface area contributed by atoms with Crippen molar-refractivity contribution in [2.24, 2.45) is 5.73 Å². The lowest BCUT2D eigenvalue weighted by atomic mass is 10.1. The number of nitrogens with one attached hydrogen (secondary N) is 4. The van der Waals surface area contributed by atoms with Crippen molar-refractivity contribution >= 4 is 34.1 Å². The number of nitrogen functional groups attached to an aromatic ring is 1. The minimum absolute atomic E-state index is 0.0530. The van der Waals surface area contributed by atoms with Crippen LogP contribution in [0, 0.1) is 5.41 Å². The van der Waals surface area contributed by atoms with Gasteiger partial charge in [0.25, 0.3) is 0 Å². The van der Waals surface area contributed by atoms with E-state index in [2.05, 4.69) is 16.0 Å². The van der Waals surface area contributed by atoms with E-state index in [0.29, 0.717) is 9.88 Å². The smallest absolute Gasteiger partial charge is 0.320 e. The zero-order valence-electron chi connectivity index (χ0n) is 13.1. The molecule has 0 aliphatic carbocycles. The molecule has 6 N–H and O–H groups in total. The topological polar surface area (TPSA) is 120 Å². The van der Waals surface area contributed by atoms with Crippen LogP contribution in [0.25, 0.3) is 0 Å². The van der Waals surface area contributed by atoms with E-state index in [1.165, 1.54) is 11.3 Å². The van der Waals surface area contributed by atoms with Crippen LogP contribution in [0.5, 0.6) is 0 Å². The molecule has 0 fully saturated rings. The predicted molar refractivity (Wildman–Crippen MR) is 95.4 cm³/mol. The summed E-state index contributed by atoms with van der Waals surface area (Å²) in [5, 5.41) is 15.8. The molecular formula is C16H19N5O2S. The van der Waals surface area contributed by atoms with Crippen LogP contribution in [0.1, 0.15) is 23.4 Å². The Morgan fingerprint density at radius 2 is 1.92 bits per heavy atom. The largest absolute Gasteiger partial charge is 0.383 e. The number of carbonyl (C=O) groups is 2. The van der Waals surface area contributed by atoms with E-state index in [0.717, 1.165) is 5.56 Å². The van der Waals surface area contributed by atoms with Gasteiger partial charge in [0, 0.05) is 0 Å². The second-order valence-electron chi connectivity index (χ2n) is 5.09. The van der Waals surface area contributed by atoms with Gasteiger partial charge < -0.3 is 16.4 Å². The maximum Gasteiger partial charge on any atom is 0.320 e. The molecule has 1 aromatic carbocycles. The third-order valence-corrected chi connectivity index (χ3v) is 4.23. The van der Waals surface area contributed by atoms with Gasteiger partial charge in [-0.2, -0.15) is 0 Å². The number of hydrogen-bond acceptors (Lipinski definition) is 4. The molecule has 0 bridgehead atoms. The molecule has 0 saturated carbocycles. The molecule has 0 spiro atoms. The van der Waals surface area contributed by atoms with Crippen molar-refractivity contribution in [1.82, 2.24) is 10.6 Å². The summed E-state index contributed by atoms with van der Waals surface area (Å²) in [7, 11) is 0. The van der Waals surface area contributed by atoms with Crippen LogP contribution in [0.15, 0.2) is 42.5 Å². The summed E-state index contributed by atoms with van der Waals surface area (Å²) in [5.74, 6) is -0.333. The van der Waals surface area contributed by atoms with E-state index in [9.17, 15) is 9.59 Å². The first-order chi connectivity index (χ1) is 11.5. The van der Waals surface area contributed by atoms with Crippen LogP contribution in [0.4, 0.5) is 9.80 Å². The van der Waals surface area contributed by atoms with Gasteiger partial charge in [-0.25, -0.2) is 4.79 Å². The highest BCUT2D eigenvalue weighted by atomic mass is 32.1. The molecule has 2 aromatic rings. The molecule has 126 valence electrons. The number of hydrogen-bond donors (Lipinski definition) is 5. The van der Waals surface area contributed by atoms with Crippen LogP contribution < -0.4 is 21.7 Å². The molecular weight excluding hydrogens is 326 g/mol. The van der Waals surface area contributed by atoms with Gasteiger partial charge >= 0.3 is 6.03 Å². The number of urea groups is 1. The molecule has 1 atom stereocenters. The van der Waals surface area contributed by atoms with Gasteiger partial charge in [-0.3, -0.25) is 15.5 Å². The number of anilines is 1. The summed E-state index contributed by atoms with van der Waals surface area (Å²) in [6.45, 7) is 1.75. The van der Waals surface area contributed by atoms with Crippen LogP contribution in [0.3, 0.4) is 0 Å². The number of benzene rings is 1. The molecule has 0 aliphatic rings. The van der Waals surface area contributed by atoms with Gasteiger partial charge in [0.15, 0.2) is 0 Å². The van der Waals surface area contributed by atoms with E-state index in [-0.39, 0.29) is 24.3 Å². The standard InChI is InChI=1S/C16H19N5O2S/c1-10(11-5-3-2-4-6-11)20-13(22)9-19-16(23)21-14-8-7-12(24-14)15(17)18/h2-8,10H,9H2,1H3,(H3,17,18)(H,20,22)(H2,19,21,23). The summed E-state index contributed by atoms with van der Waals surface area (Å²) in [4.78, 5) is 24.2. The minimum Gasteiger partial charge on any atom is -0.383 e. The highest BCUT2D eigenvalue weighted by molar-refractivity contribution is 7.18. The Morgan fingerprint density at radius 3 is 2.54 bits per heavy atom. The first-order valence-corrected chi connectivity index (χ1v) is 8.10. The highest BCUT2D eigenvalue weighted by Gasteiger charge is 2.11. The maximum atomic E-state index is 11.9. The Labute approximate surface area is 143 Å². The molecule has 1 heterocycles. The fourth-order valence-electron chi connectivity index (χ4n) is 1.98. The fraction of sp³-hybridized carbons (Fsp3) is 0.188. The van der Waals surface area contributed by atoms with Crippen molar-refractivity contribution in [3.8, 4) is 0 Å². The average molecular weight is 345 g/mol. The number of amides is 3. The zero-order chi connectivity index (χ0) is 17.5. The fourth-order valence-corrected chi connectivity index (χ4v) is 2.75. The summed E-state index contributed by atoms with van der Waals surface area (Å²) >= 11 is 1.19. The van der Waals surface area contributed by atoms with Gasteiger partial charge in [0.05, 0.1) is 22.5 Å². The quantitative estimate of drug-likeness (QED) is 0.407. The third-order valence-electron chi connectivity index (χ3n) is 3.19. The van der Waals surface area contributed by atoms with Crippen LogP contribution in [-0.4, -0.2) is 24.3 Å². The SMILES string of the molecule is CC(NC(=O)CNC(=O)Nc1ccc(C(=N)N)s1)c1ccccc1. The minimum atomic E-state index is -0.491. The molecule has 1 unspecified atom stereocenters. The number of amidine groups is 1. The van der Waals surface area contributed by atoms with E-state index < -0.39 is 6.03 Å². The van der Waals surface area contributed by atoms with Gasteiger partial charge in [-0.15, -0.1) is 11.3 Å². The second kappa shape index (κ2) is 8.11. The molecule has 24 heavy (non-hydrogen) atoms. The van der Waals surface area contributed by atoms with Gasteiger partial charge in [0.2, 0.25) is 5.91 Å². The van der Waals surface area contributed by atoms with Crippen LogP contribution in [0.2, 0.25) is 0 Å². The summed E-state index contributed by atoms with van der Waals surface area (Å²) in [6, 6.07) is 12.2. The summed E-state index contributed by atoms with van der Waals surface area (Å²) in [6.07, 6.45) is 0. The lowest BCUT2D eigenvalue weighted by molar-refractivity contribution is -0.120. The summed E-state index contributed by atoms with van der Waals surface area (Å²) < 4.78 is 0. The highest BCUT2D eigenvalue weighted by Crippen LogP contribution is 2.20. The summed E-state index contributed by atoms with van der Waals surface area (Å²) in [5.41, 5.74) is 6.35. The number of rotatable bonds is 6. The number of carbonyl (C=O) groups excluding carboxylic acids is 2. The Balaban J connectivity index is 1.76. The second-order valence-corrected chi connectivity index (χ2v) is 6.17. The molecule has 7 nitrogen and oxygen atoms in total. The van der Waals surface area contributed by atoms with Crippen molar-refractivity contribution in [2.75, 3.05) is 11.9 Å². The molecule has 0 radical (unpaired) electrons. The Hall–Kier alpha value is -2.87. The Kier molecular flexibility index (Phi) is 5.91. The Morgan fingerprint density at radius 1 is 1.21 bits per heavy atom. The van der Waals surface area contributed by atoms with Crippen molar-refractivity contribution < 1.29 is 9.59 Å². The molecule has 0 aliphatic heterocycles. The van der Waals surface area contributed by atoms with Gasteiger partial charge in [-0.05, 0) is 24.6 Å². The van der Waals surface area contributed by atoms with Crippen LogP contribution in [-0.2, 0) is 4.79 Å². The van der Waals surface area contributed by atoms with E-state index in [1.54, 1.807) is 12.1 Å². The maximum absolute atomic E-state index is 11.9. The van der Waals surface area contributed by atoms with Gasteiger partial charge in [-0.1, -0.05) is 30.3 Å². The molecule has 1 aromatic heterocycles. The van der Waals surface area contributed by atoms with E-state index in [4.69, 9.17) is 11.1 Å². The monoisotopic (exact) mass is 345 g/mol.